The Bertz CT molecular complexity index is 2030. The van der Waals surface area contributed by atoms with Gasteiger partial charge in [-0.15, -0.1) is 0 Å². The van der Waals surface area contributed by atoms with Crippen molar-refractivity contribution in [2.24, 2.45) is 0 Å². The number of esters is 1. The Morgan fingerprint density at radius 3 is 1.98 bits per heavy atom. The molecular weight excluding hydrogens is 720 g/mol. The van der Waals surface area contributed by atoms with Gasteiger partial charge in [0.2, 0.25) is 23.8 Å². The molecule has 2 aliphatic rings. The monoisotopic (exact) mass is 756 g/mol. The summed E-state index contributed by atoms with van der Waals surface area (Å²) in [6.07, 6.45) is -13.9. The van der Waals surface area contributed by atoms with Crippen molar-refractivity contribution in [3.8, 4) is 40.1 Å². The van der Waals surface area contributed by atoms with Crippen LogP contribution in [0.2, 0.25) is 0 Å². The van der Waals surface area contributed by atoms with Crippen LogP contribution in [0.5, 0.6) is 28.7 Å². The van der Waals surface area contributed by atoms with E-state index in [9.17, 15) is 60.7 Å². The third-order valence-corrected chi connectivity index (χ3v) is 8.73. The van der Waals surface area contributed by atoms with Crippen LogP contribution in [0.4, 0.5) is 0 Å². The number of aliphatic hydroxyl groups excluding tert-OH is 7. The summed E-state index contributed by atoms with van der Waals surface area (Å²) in [6, 6.07) is 13.2. The minimum Gasteiger partial charge on any atom is -0.508 e. The summed E-state index contributed by atoms with van der Waals surface area (Å²) in [5.41, 5.74) is -0.531. The minimum atomic E-state index is -1.95. The van der Waals surface area contributed by atoms with Crippen LogP contribution < -0.4 is 14.9 Å². The molecule has 2 saturated heterocycles. The molecule has 288 valence electrons. The van der Waals surface area contributed by atoms with Gasteiger partial charge in [-0.3, -0.25) is 4.79 Å². The van der Waals surface area contributed by atoms with Crippen molar-refractivity contribution in [1.82, 2.24) is 0 Å². The Kier molecular flexibility index (Phi) is 11.4. The van der Waals surface area contributed by atoms with E-state index in [2.05, 4.69) is 0 Å². The highest BCUT2D eigenvalue weighted by Gasteiger charge is 2.47. The van der Waals surface area contributed by atoms with Gasteiger partial charge in [0.25, 0.3) is 0 Å². The first-order chi connectivity index (χ1) is 25.7. The number of carbonyl (C=O) groups is 1. The van der Waals surface area contributed by atoms with Crippen molar-refractivity contribution >= 4 is 23.0 Å². The topological polar surface area (TPSA) is 296 Å². The van der Waals surface area contributed by atoms with Gasteiger partial charge in [-0.2, -0.15) is 0 Å². The van der Waals surface area contributed by atoms with Gasteiger partial charge in [0, 0.05) is 23.8 Å². The first kappa shape index (κ1) is 38.4. The maximum Gasteiger partial charge on any atom is 0.330 e. The van der Waals surface area contributed by atoms with Crippen LogP contribution in [-0.4, -0.2) is 132 Å². The smallest absolute Gasteiger partial charge is 0.330 e. The van der Waals surface area contributed by atoms with Crippen molar-refractivity contribution < 1.29 is 84.0 Å². The normalized spacial score (nSPS) is 28.6. The van der Waals surface area contributed by atoms with Crippen LogP contribution in [0.3, 0.4) is 0 Å². The molecule has 18 heteroatoms. The van der Waals surface area contributed by atoms with Crippen LogP contribution >= 0.6 is 0 Å². The van der Waals surface area contributed by atoms with Crippen LogP contribution in [0.25, 0.3) is 28.4 Å². The molecule has 3 aromatic carbocycles. The summed E-state index contributed by atoms with van der Waals surface area (Å²) in [5, 5.41) is 101. The summed E-state index contributed by atoms with van der Waals surface area (Å²) < 4.78 is 33.2. The highest BCUT2D eigenvalue weighted by Crippen LogP contribution is 2.37. The summed E-state index contributed by atoms with van der Waals surface area (Å²) in [6.45, 7) is -1.28. The molecule has 0 radical (unpaired) electrons. The zero-order valence-corrected chi connectivity index (χ0v) is 27.9. The van der Waals surface area contributed by atoms with Crippen molar-refractivity contribution in [1.29, 1.82) is 0 Å². The molecule has 3 heterocycles. The summed E-state index contributed by atoms with van der Waals surface area (Å²) in [4.78, 5) is 26.2. The molecule has 2 aliphatic heterocycles. The number of ether oxygens (including phenoxy) is 5. The third-order valence-electron chi connectivity index (χ3n) is 8.73. The van der Waals surface area contributed by atoms with E-state index in [0.29, 0.717) is 5.56 Å². The number of carbonyl (C=O) groups excluding carboxylic acids is 1. The number of phenolic OH excluding ortho intramolecular Hbond substituents is 3. The first-order valence-corrected chi connectivity index (χ1v) is 16.4. The number of phenols is 3. The van der Waals surface area contributed by atoms with Gasteiger partial charge in [-0.1, -0.05) is 12.1 Å². The lowest BCUT2D eigenvalue weighted by atomic mass is 9.99. The molecule has 6 rings (SSSR count). The molecule has 18 nitrogen and oxygen atoms in total. The van der Waals surface area contributed by atoms with E-state index < -0.39 is 109 Å². The molecule has 0 spiro atoms. The molecule has 10 atom stereocenters. The van der Waals surface area contributed by atoms with Gasteiger partial charge in [0.05, 0.1) is 6.61 Å². The van der Waals surface area contributed by atoms with Crippen LogP contribution in [0, 0.1) is 0 Å². The molecule has 0 bridgehead atoms. The fourth-order valence-corrected chi connectivity index (χ4v) is 5.78. The van der Waals surface area contributed by atoms with Gasteiger partial charge in [0.1, 0.15) is 89.4 Å². The van der Waals surface area contributed by atoms with E-state index in [-0.39, 0.29) is 28.4 Å². The second-order valence-electron chi connectivity index (χ2n) is 12.5. The average molecular weight is 757 g/mol. The number of benzene rings is 3. The molecule has 2 fully saturated rings. The zero-order valence-electron chi connectivity index (χ0n) is 27.9. The van der Waals surface area contributed by atoms with Crippen LogP contribution in [0.15, 0.2) is 76.0 Å². The second-order valence-corrected chi connectivity index (χ2v) is 12.5. The molecule has 1 aromatic heterocycles. The lowest BCUT2D eigenvalue weighted by Gasteiger charge is -2.39. The van der Waals surface area contributed by atoms with Gasteiger partial charge in [-0.05, 0) is 48.0 Å². The molecule has 54 heavy (non-hydrogen) atoms. The van der Waals surface area contributed by atoms with Crippen LogP contribution in [-0.2, 0) is 19.0 Å². The standard InChI is InChI=1S/C36H36O18/c37-13-22-26(42)29(45)31(47)35(52-22)50-19-8-1-15(2-9-19)3-10-24(41)49-14-23-27(43)30(46)32(48)36(53-23)54-34-28(44)25-20(40)11-18(39)12-21(25)51-33(34)16-4-6-17(38)7-5-16/h1-12,22-23,26-27,29-32,35-40,42-43,45-48H,13-14H2/t22?,23?,26-,27-,29?,30?,31?,32?,35-,36+/m1/s1. The Balaban J connectivity index is 1.13. The number of aliphatic hydroxyl groups is 7. The van der Waals surface area contributed by atoms with E-state index in [1.165, 1.54) is 54.6 Å². The van der Waals surface area contributed by atoms with E-state index in [1.807, 2.05) is 0 Å². The number of aromatic hydroxyl groups is 3. The van der Waals surface area contributed by atoms with E-state index in [4.69, 9.17) is 28.1 Å². The molecule has 6 unspecified atom stereocenters. The van der Waals surface area contributed by atoms with Gasteiger partial charge < -0.3 is 79.2 Å². The molecule has 0 aliphatic carbocycles. The van der Waals surface area contributed by atoms with Gasteiger partial charge in [0.15, 0.2) is 5.76 Å². The van der Waals surface area contributed by atoms with Gasteiger partial charge >= 0.3 is 5.97 Å². The fourth-order valence-electron chi connectivity index (χ4n) is 5.78. The highest BCUT2D eigenvalue weighted by atomic mass is 16.7. The fraction of sp³-hybridized carbons (Fsp3) is 0.333. The lowest BCUT2D eigenvalue weighted by molar-refractivity contribution is -0.278. The Morgan fingerprint density at radius 2 is 1.33 bits per heavy atom. The summed E-state index contributed by atoms with van der Waals surface area (Å²) in [7, 11) is 0. The van der Waals surface area contributed by atoms with Crippen molar-refractivity contribution in [2.75, 3.05) is 13.2 Å². The summed E-state index contributed by atoms with van der Waals surface area (Å²) in [5.74, 6) is -2.78. The maximum atomic E-state index is 13.7. The predicted molar refractivity (Wildman–Crippen MR) is 181 cm³/mol. The summed E-state index contributed by atoms with van der Waals surface area (Å²) >= 11 is 0. The maximum absolute atomic E-state index is 13.7. The molecule has 4 aromatic rings. The van der Waals surface area contributed by atoms with E-state index >= 15 is 0 Å². The molecule has 10 N–H and O–H groups in total. The number of fused-ring (bicyclic) bond motifs is 1. The second kappa shape index (κ2) is 16.0. The lowest BCUT2D eigenvalue weighted by Crippen LogP contribution is -2.60. The molecule has 0 amide bonds. The Labute approximate surface area is 304 Å². The number of hydrogen-bond acceptors (Lipinski definition) is 18. The minimum absolute atomic E-state index is 0.118. The highest BCUT2D eigenvalue weighted by molar-refractivity contribution is 5.88. The average Bonchev–Trinajstić information content (AvgIpc) is 3.15. The van der Waals surface area contributed by atoms with Crippen molar-refractivity contribution in [2.45, 2.75) is 61.4 Å². The van der Waals surface area contributed by atoms with E-state index in [0.717, 1.165) is 18.2 Å². The van der Waals surface area contributed by atoms with Crippen LogP contribution in [0.1, 0.15) is 5.56 Å². The van der Waals surface area contributed by atoms with Crippen molar-refractivity contribution in [3.05, 3.63) is 82.5 Å². The van der Waals surface area contributed by atoms with Crippen molar-refractivity contribution in [3.63, 3.8) is 0 Å². The number of hydrogen-bond donors (Lipinski definition) is 10. The predicted octanol–water partition coefficient (Wildman–Crippen LogP) is -0.802. The zero-order chi connectivity index (χ0) is 38.8. The quantitative estimate of drug-likeness (QED) is 0.0700. The molecule has 0 saturated carbocycles. The van der Waals surface area contributed by atoms with E-state index in [1.54, 1.807) is 0 Å². The Hall–Kier alpha value is -5.28. The Morgan fingerprint density at radius 1 is 0.722 bits per heavy atom. The third kappa shape index (κ3) is 7.97. The SMILES string of the molecule is O=C(C=Cc1ccc(O[C@@H]2OC(CO)[C@@H](O)C(O)C2O)cc1)OCC1O[C@@H](Oc2c(-c3ccc(O)cc3)oc3cc(O)cc(O)c3c2=O)C(O)C(O)[C@@H]1O. The first-order valence-electron chi connectivity index (χ1n) is 16.4. The van der Waals surface area contributed by atoms with Gasteiger partial charge in [-0.25, -0.2) is 4.79 Å². The number of rotatable bonds is 10. The largest absolute Gasteiger partial charge is 0.508 e. The molecular formula is C36H36O18.